The first-order valence-electron chi connectivity index (χ1n) is 10.7. The van der Waals surface area contributed by atoms with E-state index >= 15 is 0 Å². The number of unbranched alkanes of at least 4 members (excludes halogenated alkanes) is 1. The van der Waals surface area contributed by atoms with Gasteiger partial charge in [-0.15, -0.1) is 0 Å². The topological polar surface area (TPSA) is 54.0 Å². The van der Waals surface area contributed by atoms with Crippen LogP contribution in [-0.2, 0) is 4.74 Å². The second-order valence-corrected chi connectivity index (χ2v) is 7.88. The molecule has 3 rings (SSSR count). The lowest BCUT2D eigenvalue weighted by atomic mass is 9.88. The molecule has 1 fully saturated rings. The number of nitrogens with one attached hydrogen (secondary N) is 1. The zero-order valence-electron chi connectivity index (χ0n) is 17.7. The minimum atomic E-state index is -3.21. The van der Waals surface area contributed by atoms with E-state index in [1.807, 2.05) is 18.2 Å². The van der Waals surface area contributed by atoms with E-state index in [-0.39, 0.29) is 17.8 Å². The number of aliphatic hydroxyl groups is 1. The Labute approximate surface area is 177 Å². The van der Waals surface area contributed by atoms with Crippen LogP contribution in [0.5, 0.6) is 5.75 Å². The lowest BCUT2D eigenvalue weighted by Gasteiger charge is -2.32. The Morgan fingerprint density at radius 1 is 1.27 bits per heavy atom. The number of rotatable bonds is 9. The van der Waals surface area contributed by atoms with Crippen molar-refractivity contribution in [3.8, 4) is 5.75 Å². The molecular weight excluding hydrogens is 390 g/mol. The molecule has 1 aromatic rings. The number of aliphatic hydroxyl groups excluding tert-OH is 1. The van der Waals surface area contributed by atoms with Gasteiger partial charge in [0.1, 0.15) is 12.0 Å². The van der Waals surface area contributed by atoms with E-state index in [9.17, 15) is 13.9 Å². The molecule has 30 heavy (non-hydrogen) atoms. The SMILES string of the molecule is CCCCNCCN1CCOC2C=CC(c3ccc(OC(C)(F)F)cc3)=CC2C1O. The molecule has 0 amide bonds. The first-order chi connectivity index (χ1) is 14.4. The smallest absolute Gasteiger partial charge is 0.394 e. The monoisotopic (exact) mass is 422 g/mol. The van der Waals surface area contributed by atoms with Crippen LogP contribution in [0.1, 0.15) is 32.3 Å². The zero-order valence-corrected chi connectivity index (χ0v) is 17.7. The highest BCUT2D eigenvalue weighted by Gasteiger charge is 2.34. The molecule has 0 radical (unpaired) electrons. The molecule has 2 aliphatic rings. The van der Waals surface area contributed by atoms with E-state index in [1.54, 1.807) is 12.1 Å². The van der Waals surface area contributed by atoms with Crippen molar-refractivity contribution in [2.24, 2.45) is 5.92 Å². The van der Waals surface area contributed by atoms with Gasteiger partial charge in [0.2, 0.25) is 0 Å². The van der Waals surface area contributed by atoms with Gasteiger partial charge < -0.3 is 19.9 Å². The second-order valence-electron chi connectivity index (χ2n) is 7.88. The highest BCUT2D eigenvalue weighted by atomic mass is 19.3. The molecule has 1 aromatic carbocycles. The van der Waals surface area contributed by atoms with Gasteiger partial charge in [-0.2, -0.15) is 8.78 Å². The minimum Gasteiger partial charge on any atom is -0.433 e. The van der Waals surface area contributed by atoms with Gasteiger partial charge in [0.15, 0.2) is 0 Å². The summed E-state index contributed by atoms with van der Waals surface area (Å²) >= 11 is 0. The van der Waals surface area contributed by atoms with Crippen molar-refractivity contribution in [1.82, 2.24) is 10.2 Å². The average molecular weight is 423 g/mol. The van der Waals surface area contributed by atoms with E-state index in [0.717, 1.165) is 43.6 Å². The van der Waals surface area contributed by atoms with E-state index in [4.69, 9.17) is 4.74 Å². The maximum absolute atomic E-state index is 13.0. The fourth-order valence-electron chi connectivity index (χ4n) is 3.80. The standard InChI is InChI=1S/C23H32F2N2O3/c1-3-4-11-26-12-13-27-14-15-29-21-10-7-18(16-20(21)22(27)28)17-5-8-19(9-6-17)30-23(2,24)25/h5-10,16,20-22,26,28H,3-4,11-15H2,1-2H3. The number of alkyl halides is 2. The average Bonchev–Trinajstić information content (AvgIpc) is 2.86. The fourth-order valence-corrected chi connectivity index (χ4v) is 3.80. The molecule has 0 spiro atoms. The summed E-state index contributed by atoms with van der Waals surface area (Å²) in [5.74, 6) is -0.0804. The third kappa shape index (κ3) is 6.35. The van der Waals surface area contributed by atoms with Gasteiger partial charge in [0.25, 0.3) is 0 Å². The van der Waals surface area contributed by atoms with Crippen LogP contribution in [0.2, 0.25) is 0 Å². The van der Waals surface area contributed by atoms with E-state index in [0.29, 0.717) is 20.1 Å². The Balaban J connectivity index is 1.67. The summed E-state index contributed by atoms with van der Waals surface area (Å²) in [7, 11) is 0. The lowest BCUT2D eigenvalue weighted by Crippen LogP contribution is -2.45. The third-order valence-electron chi connectivity index (χ3n) is 5.39. The van der Waals surface area contributed by atoms with Gasteiger partial charge in [-0.25, -0.2) is 0 Å². The third-order valence-corrected chi connectivity index (χ3v) is 5.39. The number of halogens is 2. The van der Waals surface area contributed by atoms with Crippen molar-refractivity contribution in [1.29, 1.82) is 0 Å². The lowest BCUT2D eigenvalue weighted by molar-refractivity contribution is -0.158. The molecule has 1 heterocycles. The van der Waals surface area contributed by atoms with Crippen molar-refractivity contribution in [2.45, 2.75) is 45.1 Å². The molecule has 1 aliphatic carbocycles. The summed E-state index contributed by atoms with van der Waals surface area (Å²) in [6, 6.07) is 6.55. The summed E-state index contributed by atoms with van der Waals surface area (Å²) in [5.41, 5.74) is 1.80. The predicted octanol–water partition coefficient (Wildman–Crippen LogP) is 3.66. The van der Waals surface area contributed by atoms with Crippen LogP contribution in [0.3, 0.4) is 0 Å². The first-order valence-corrected chi connectivity index (χ1v) is 10.7. The Hall–Kier alpha value is -1.80. The Morgan fingerprint density at radius 2 is 2.03 bits per heavy atom. The Bertz CT molecular complexity index is 731. The normalized spacial score (nSPS) is 24.8. The van der Waals surface area contributed by atoms with Crippen LogP contribution in [-0.4, -0.2) is 61.2 Å². The molecule has 0 bridgehead atoms. The number of hydrogen-bond donors (Lipinski definition) is 2. The van der Waals surface area contributed by atoms with Crippen LogP contribution in [0, 0.1) is 5.92 Å². The molecule has 0 saturated carbocycles. The molecule has 0 aromatic heterocycles. The largest absolute Gasteiger partial charge is 0.433 e. The summed E-state index contributed by atoms with van der Waals surface area (Å²) in [5, 5.41) is 14.4. The van der Waals surface area contributed by atoms with Crippen LogP contribution in [0.4, 0.5) is 8.78 Å². The molecule has 7 heteroatoms. The van der Waals surface area contributed by atoms with Crippen LogP contribution < -0.4 is 10.1 Å². The maximum Gasteiger partial charge on any atom is 0.394 e. The number of nitrogens with zero attached hydrogens (tertiary/aromatic N) is 1. The predicted molar refractivity (Wildman–Crippen MR) is 113 cm³/mol. The fraction of sp³-hybridized carbons (Fsp3) is 0.565. The second kappa shape index (κ2) is 10.5. The molecule has 5 nitrogen and oxygen atoms in total. The molecule has 1 saturated heterocycles. The number of benzene rings is 1. The highest BCUT2D eigenvalue weighted by Crippen LogP contribution is 2.32. The Morgan fingerprint density at radius 3 is 2.73 bits per heavy atom. The van der Waals surface area contributed by atoms with Gasteiger partial charge in [0.05, 0.1) is 12.7 Å². The van der Waals surface area contributed by atoms with Crippen molar-refractivity contribution >= 4 is 5.57 Å². The van der Waals surface area contributed by atoms with Crippen LogP contribution in [0.15, 0.2) is 42.5 Å². The maximum atomic E-state index is 13.0. The summed E-state index contributed by atoms with van der Waals surface area (Å²) in [6.07, 6.45) is 4.21. The number of ether oxygens (including phenoxy) is 2. The number of allylic oxidation sites excluding steroid dienone is 2. The van der Waals surface area contributed by atoms with Crippen molar-refractivity contribution in [3.05, 3.63) is 48.1 Å². The highest BCUT2D eigenvalue weighted by molar-refractivity contribution is 5.75. The number of fused-ring (bicyclic) bond motifs is 1. The summed E-state index contributed by atoms with van der Waals surface area (Å²) in [4.78, 5) is 2.05. The van der Waals surface area contributed by atoms with E-state index < -0.39 is 12.3 Å². The molecule has 3 atom stereocenters. The number of hydrogen-bond acceptors (Lipinski definition) is 5. The van der Waals surface area contributed by atoms with Gasteiger partial charge in [-0.05, 0) is 36.2 Å². The van der Waals surface area contributed by atoms with Crippen LogP contribution in [0.25, 0.3) is 5.57 Å². The summed E-state index contributed by atoms with van der Waals surface area (Å²) in [6.45, 7) is 6.69. The van der Waals surface area contributed by atoms with Gasteiger partial charge in [-0.3, -0.25) is 4.90 Å². The molecule has 1 aliphatic heterocycles. The molecule has 3 unspecified atom stereocenters. The first kappa shape index (κ1) is 22.9. The van der Waals surface area contributed by atoms with Gasteiger partial charge in [0, 0.05) is 32.5 Å². The van der Waals surface area contributed by atoms with Crippen LogP contribution >= 0.6 is 0 Å². The quantitative estimate of drug-likeness (QED) is 0.595. The van der Waals surface area contributed by atoms with Crippen molar-refractivity contribution in [3.63, 3.8) is 0 Å². The summed E-state index contributed by atoms with van der Waals surface area (Å²) < 4.78 is 36.6. The van der Waals surface area contributed by atoms with Gasteiger partial charge >= 0.3 is 6.11 Å². The molecular formula is C23H32F2N2O3. The van der Waals surface area contributed by atoms with E-state index in [2.05, 4.69) is 21.9 Å². The van der Waals surface area contributed by atoms with E-state index in [1.165, 1.54) is 12.1 Å². The van der Waals surface area contributed by atoms with Crippen molar-refractivity contribution < 1.29 is 23.4 Å². The zero-order chi connectivity index (χ0) is 21.6. The van der Waals surface area contributed by atoms with Gasteiger partial charge in [-0.1, -0.05) is 43.7 Å². The van der Waals surface area contributed by atoms with Crippen molar-refractivity contribution in [2.75, 3.05) is 32.8 Å². The minimum absolute atomic E-state index is 0.115. The Kier molecular flexibility index (Phi) is 7.99. The molecule has 2 N–H and O–H groups in total. The molecule has 166 valence electrons.